The second kappa shape index (κ2) is 7.99. The maximum atomic E-state index is 11.9. The van der Waals surface area contributed by atoms with E-state index < -0.39 is 5.92 Å². The zero-order valence-electron chi connectivity index (χ0n) is 11.9. The summed E-state index contributed by atoms with van der Waals surface area (Å²) in [6, 6.07) is 0. The molecule has 4 N–H and O–H groups in total. The van der Waals surface area contributed by atoms with Crippen LogP contribution in [0.15, 0.2) is 5.16 Å². The molecule has 0 aromatic carbocycles. The van der Waals surface area contributed by atoms with Gasteiger partial charge in [-0.3, -0.25) is 4.79 Å². The van der Waals surface area contributed by atoms with E-state index in [0.29, 0.717) is 18.9 Å². The number of hydrogen-bond acceptors (Lipinski definition) is 4. The Morgan fingerprint density at radius 3 is 2.63 bits per heavy atom. The molecule has 2 unspecified atom stereocenters. The number of nitrogens with two attached hydrogens (primary N) is 1. The molecule has 1 heterocycles. The Bertz CT molecular complexity index is 314. The van der Waals surface area contributed by atoms with Crippen LogP contribution < -0.4 is 11.1 Å². The topological polar surface area (TPSA) is 91.0 Å². The minimum absolute atomic E-state index is 0.0211. The molecule has 2 atom stereocenters. The molecule has 0 aromatic heterocycles. The molecule has 1 rings (SSSR count). The average Bonchev–Trinajstić information content (AvgIpc) is 2.89. The highest BCUT2D eigenvalue weighted by Gasteiger charge is 2.22. The van der Waals surface area contributed by atoms with Gasteiger partial charge in [0.1, 0.15) is 0 Å². The number of nitrogens with one attached hydrogen (secondary N) is 1. The van der Waals surface area contributed by atoms with Crippen LogP contribution in [0.2, 0.25) is 0 Å². The first-order valence-electron chi connectivity index (χ1n) is 7.06. The molecule has 1 saturated heterocycles. The van der Waals surface area contributed by atoms with E-state index in [1.54, 1.807) is 0 Å². The fourth-order valence-electron chi connectivity index (χ4n) is 2.47. The molecule has 6 heteroatoms. The Morgan fingerprint density at radius 1 is 1.47 bits per heavy atom. The third-order valence-corrected chi connectivity index (χ3v) is 3.59. The number of oxime groups is 1. The molecule has 6 nitrogen and oxygen atoms in total. The highest BCUT2D eigenvalue weighted by atomic mass is 16.4. The van der Waals surface area contributed by atoms with Crippen molar-refractivity contribution < 1.29 is 10.0 Å². The van der Waals surface area contributed by atoms with Crippen molar-refractivity contribution in [3.63, 3.8) is 0 Å². The van der Waals surface area contributed by atoms with E-state index in [1.807, 2.05) is 6.92 Å². The van der Waals surface area contributed by atoms with Gasteiger partial charge in [0, 0.05) is 13.1 Å². The number of likely N-dealkylation sites (tertiary alicyclic amines) is 1. The maximum Gasteiger partial charge on any atom is 0.230 e. The van der Waals surface area contributed by atoms with E-state index >= 15 is 0 Å². The largest absolute Gasteiger partial charge is 0.409 e. The summed E-state index contributed by atoms with van der Waals surface area (Å²) in [5, 5.41) is 14.4. The van der Waals surface area contributed by atoms with E-state index in [2.05, 4.69) is 22.3 Å². The average molecular weight is 270 g/mol. The van der Waals surface area contributed by atoms with Gasteiger partial charge in [0.15, 0.2) is 5.84 Å². The first kappa shape index (κ1) is 15.8. The molecule has 1 fully saturated rings. The van der Waals surface area contributed by atoms with Gasteiger partial charge in [-0.1, -0.05) is 19.0 Å². The van der Waals surface area contributed by atoms with Crippen molar-refractivity contribution in [2.45, 2.75) is 33.1 Å². The van der Waals surface area contributed by atoms with Crippen LogP contribution in [0.3, 0.4) is 0 Å². The molecule has 1 aliphatic rings. The molecule has 0 radical (unpaired) electrons. The molecular weight excluding hydrogens is 244 g/mol. The number of carbonyl (C=O) groups is 1. The second-order valence-corrected chi connectivity index (χ2v) is 5.34. The standard InChI is InChI=1S/C13H26N4O2/c1-3-11(12(14)16-19)13(18)15-8-10(2)9-17-6-4-5-7-17/h10-11,19H,3-9H2,1-2H3,(H2,14,16)(H,15,18). The van der Waals surface area contributed by atoms with Crippen LogP contribution in [-0.4, -0.2) is 48.0 Å². The van der Waals surface area contributed by atoms with Crippen molar-refractivity contribution in [1.29, 1.82) is 0 Å². The predicted octanol–water partition coefficient (Wildman–Crippen LogP) is 0.607. The lowest BCUT2D eigenvalue weighted by molar-refractivity contribution is -0.123. The molecule has 19 heavy (non-hydrogen) atoms. The van der Waals surface area contributed by atoms with Gasteiger partial charge in [0.05, 0.1) is 5.92 Å². The van der Waals surface area contributed by atoms with Gasteiger partial charge < -0.3 is 21.2 Å². The SMILES string of the molecule is CCC(C(=O)NCC(C)CN1CCCC1)C(N)=NO. The zero-order valence-corrected chi connectivity index (χ0v) is 11.9. The highest BCUT2D eigenvalue weighted by molar-refractivity contribution is 6.01. The van der Waals surface area contributed by atoms with Crippen LogP contribution in [0.1, 0.15) is 33.1 Å². The molecule has 1 amide bonds. The van der Waals surface area contributed by atoms with Gasteiger partial charge in [-0.25, -0.2) is 0 Å². The number of hydrogen-bond donors (Lipinski definition) is 3. The van der Waals surface area contributed by atoms with E-state index in [1.165, 1.54) is 25.9 Å². The minimum atomic E-state index is -0.538. The quantitative estimate of drug-likeness (QED) is 0.273. The fourth-order valence-corrected chi connectivity index (χ4v) is 2.47. The van der Waals surface area contributed by atoms with Gasteiger partial charge in [0.2, 0.25) is 5.91 Å². The minimum Gasteiger partial charge on any atom is -0.409 e. The van der Waals surface area contributed by atoms with Gasteiger partial charge in [-0.15, -0.1) is 0 Å². The molecule has 0 saturated carbocycles. The van der Waals surface area contributed by atoms with Crippen molar-refractivity contribution in [3.8, 4) is 0 Å². The number of rotatable bonds is 7. The lowest BCUT2D eigenvalue weighted by Gasteiger charge is -2.21. The van der Waals surface area contributed by atoms with Crippen molar-refractivity contribution >= 4 is 11.7 Å². The predicted molar refractivity (Wildman–Crippen MR) is 75.0 cm³/mol. The Morgan fingerprint density at radius 2 is 2.11 bits per heavy atom. The van der Waals surface area contributed by atoms with Crippen molar-refractivity contribution in [3.05, 3.63) is 0 Å². The van der Waals surface area contributed by atoms with Gasteiger partial charge in [0.25, 0.3) is 0 Å². The number of amidine groups is 1. The summed E-state index contributed by atoms with van der Waals surface area (Å²) in [4.78, 5) is 14.3. The molecule has 0 aromatic rings. The summed E-state index contributed by atoms with van der Waals surface area (Å²) in [6.07, 6.45) is 3.09. The van der Waals surface area contributed by atoms with Crippen LogP contribution in [-0.2, 0) is 4.79 Å². The van der Waals surface area contributed by atoms with Crippen molar-refractivity contribution in [2.24, 2.45) is 22.7 Å². The van der Waals surface area contributed by atoms with Crippen LogP contribution in [0.5, 0.6) is 0 Å². The van der Waals surface area contributed by atoms with E-state index in [4.69, 9.17) is 10.9 Å². The van der Waals surface area contributed by atoms with Crippen LogP contribution in [0.25, 0.3) is 0 Å². The number of carbonyl (C=O) groups excluding carboxylic acids is 1. The summed E-state index contributed by atoms with van der Waals surface area (Å²) in [6.45, 7) is 7.95. The van der Waals surface area contributed by atoms with E-state index in [-0.39, 0.29) is 11.7 Å². The van der Waals surface area contributed by atoms with Gasteiger partial charge >= 0.3 is 0 Å². The third-order valence-electron chi connectivity index (χ3n) is 3.59. The first-order valence-corrected chi connectivity index (χ1v) is 7.06. The molecule has 110 valence electrons. The molecule has 0 spiro atoms. The second-order valence-electron chi connectivity index (χ2n) is 5.34. The normalized spacial score (nSPS) is 20.2. The molecule has 0 bridgehead atoms. The molecular formula is C13H26N4O2. The van der Waals surface area contributed by atoms with E-state index in [0.717, 1.165) is 6.54 Å². The van der Waals surface area contributed by atoms with Gasteiger partial charge in [-0.2, -0.15) is 0 Å². The zero-order chi connectivity index (χ0) is 14.3. The monoisotopic (exact) mass is 270 g/mol. The van der Waals surface area contributed by atoms with Crippen LogP contribution in [0, 0.1) is 11.8 Å². The molecule has 1 aliphatic heterocycles. The summed E-state index contributed by atoms with van der Waals surface area (Å²) >= 11 is 0. The Labute approximate surface area is 115 Å². The molecule has 0 aliphatic carbocycles. The summed E-state index contributed by atoms with van der Waals surface area (Å²) in [7, 11) is 0. The lowest BCUT2D eigenvalue weighted by atomic mass is 10.0. The summed E-state index contributed by atoms with van der Waals surface area (Å²) in [5.41, 5.74) is 5.50. The first-order chi connectivity index (χ1) is 9.08. The lowest BCUT2D eigenvalue weighted by Crippen LogP contribution is -2.41. The summed E-state index contributed by atoms with van der Waals surface area (Å²) in [5.74, 6) is -0.311. The smallest absolute Gasteiger partial charge is 0.230 e. The third kappa shape index (κ3) is 5.06. The van der Waals surface area contributed by atoms with Crippen LogP contribution in [0.4, 0.5) is 0 Å². The van der Waals surface area contributed by atoms with Crippen LogP contribution >= 0.6 is 0 Å². The Kier molecular flexibility index (Phi) is 6.62. The fraction of sp³-hybridized carbons (Fsp3) is 0.846. The maximum absolute atomic E-state index is 11.9. The Hall–Kier alpha value is -1.30. The van der Waals surface area contributed by atoms with Crippen molar-refractivity contribution in [1.82, 2.24) is 10.2 Å². The number of amides is 1. The highest BCUT2D eigenvalue weighted by Crippen LogP contribution is 2.10. The van der Waals surface area contributed by atoms with Crippen molar-refractivity contribution in [2.75, 3.05) is 26.2 Å². The van der Waals surface area contributed by atoms with E-state index in [9.17, 15) is 4.79 Å². The van der Waals surface area contributed by atoms with Gasteiger partial charge in [-0.05, 0) is 38.3 Å². The Balaban J connectivity index is 2.31. The number of nitrogens with zero attached hydrogens (tertiary/aromatic N) is 2. The summed E-state index contributed by atoms with van der Waals surface area (Å²) < 4.78 is 0.